The first-order valence-electron chi connectivity index (χ1n) is 5.01. The van der Waals surface area contributed by atoms with Crippen molar-refractivity contribution in [3.8, 4) is 0 Å². The number of aliphatic carboxylic acids is 1. The Morgan fingerprint density at radius 1 is 1.59 bits per heavy atom. The Labute approximate surface area is 108 Å². The quantitative estimate of drug-likeness (QED) is 0.784. The van der Waals surface area contributed by atoms with Crippen LogP contribution in [0.3, 0.4) is 0 Å². The molecule has 3 nitrogen and oxygen atoms in total. The van der Waals surface area contributed by atoms with Crippen molar-refractivity contribution in [1.29, 1.82) is 0 Å². The van der Waals surface area contributed by atoms with Crippen LogP contribution in [-0.4, -0.2) is 22.9 Å². The largest absolute Gasteiger partial charge is 0.480 e. The summed E-state index contributed by atoms with van der Waals surface area (Å²) in [6.07, 6.45) is 0.363. The van der Waals surface area contributed by atoms with Crippen LogP contribution in [0, 0.1) is 5.82 Å². The zero-order valence-electron chi connectivity index (χ0n) is 9.03. The van der Waals surface area contributed by atoms with Gasteiger partial charge in [-0.15, -0.1) is 0 Å². The number of hydrogen-bond acceptors (Lipinski definition) is 3. The minimum absolute atomic E-state index is 0.102. The van der Waals surface area contributed by atoms with Crippen LogP contribution >= 0.6 is 23.4 Å². The van der Waals surface area contributed by atoms with Crippen molar-refractivity contribution >= 4 is 29.3 Å². The van der Waals surface area contributed by atoms with E-state index in [0.29, 0.717) is 23.5 Å². The van der Waals surface area contributed by atoms with Crippen molar-refractivity contribution in [2.75, 3.05) is 5.75 Å². The number of rotatable bonds is 6. The normalized spacial score (nSPS) is 12.4. The molecule has 17 heavy (non-hydrogen) atoms. The summed E-state index contributed by atoms with van der Waals surface area (Å²) in [6.45, 7) is 0. The number of thioether (sulfide) groups is 1. The Morgan fingerprint density at radius 2 is 2.29 bits per heavy atom. The van der Waals surface area contributed by atoms with E-state index in [4.69, 9.17) is 22.4 Å². The van der Waals surface area contributed by atoms with Gasteiger partial charge < -0.3 is 10.8 Å². The summed E-state index contributed by atoms with van der Waals surface area (Å²) in [6, 6.07) is 3.98. The molecule has 1 aromatic carbocycles. The highest BCUT2D eigenvalue weighted by atomic mass is 35.5. The Kier molecular flexibility index (Phi) is 5.74. The maximum atomic E-state index is 13.5. The van der Waals surface area contributed by atoms with Crippen molar-refractivity contribution in [1.82, 2.24) is 0 Å². The SMILES string of the molecule is NC(CCSCc1cccc(Cl)c1F)C(=O)O. The van der Waals surface area contributed by atoms with E-state index in [1.165, 1.54) is 17.8 Å². The van der Waals surface area contributed by atoms with E-state index in [2.05, 4.69) is 0 Å². The molecule has 3 N–H and O–H groups in total. The highest BCUT2D eigenvalue weighted by Crippen LogP contribution is 2.22. The Balaban J connectivity index is 2.36. The molecule has 0 aliphatic rings. The van der Waals surface area contributed by atoms with Crippen LogP contribution in [0.2, 0.25) is 5.02 Å². The number of hydrogen-bond donors (Lipinski definition) is 2. The zero-order chi connectivity index (χ0) is 12.8. The van der Waals surface area contributed by atoms with Gasteiger partial charge >= 0.3 is 5.97 Å². The molecule has 0 heterocycles. The predicted molar refractivity (Wildman–Crippen MR) is 67.8 cm³/mol. The van der Waals surface area contributed by atoms with E-state index in [9.17, 15) is 9.18 Å². The van der Waals surface area contributed by atoms with E-state index in [1.54, 1.807) is 12.1 Å². The Morgan fingerprint density at radius 3 is 2.94 bits per heavy atom. The second-order valence-corrected chi connectivity index (χ2v) is 5.01. The molecule has 1 aromatic rings. The highest BCUT2D eigenvalue weighted by Gasteiger charge is 2.11. The number of carbonyl (C=O) groups is 1. The molecule has 0 aliphatic heterocycles. The second-order valence-electron chi connectivity index (χ2n) is 3.50. The molecule has 0 radical (unpaired) electrons. The van der Waals surface area contributed by atoms with Crippen LogP contribution in [0.4, 0.5) is 4.39 Å². The van der Waals surface area contributed by atoms with Gasteiger partial charge in [-0.05, 0) is 23.8 Å². The topological polar surface area (TPSA) is 63.3 Å². The molecule has 6 heteroatoms. The fraction of sp³-hybridized carbons (Fsp3) is 0.364. The molecule has 0 fully saturated rings. The predicted octanol–water partition coefficient (Wildman–Crippen LogP) is 2.51. The standard InChI is InChI=1S/C11H13ClFNO2S/c12-8-3-1-2-7(10(8)13)6-17-5-4-9(14)11(15)16/h1-3,9H,4-6,14H2,(H,15,16). The smallest absolute Gasteiger partial charge is 0.320 e. The highest BCUT2D eigenvalue weighted by molar-refractivity contribution is 7.98. The molecule has 0 bridgehead atoms. The summed E-state index contributed by atoms with van der Waals surface area (Å²) in [5, 5.41) is 8.67. The summed E-state index contributed by atoms with van der Waals surface area (Å²) in [5.74, 6) is -0.401. The second kappa shape index (κ2) is 6.83. The number of nitrogens with two attached hydrogens (primary N) is 1. The maximum Gasteiger partial charge on any atom is 0.320 e. The summed E-state index contributed by atoms with van der Waals surface area (Å²) in [7, 11) is 0. The van der Waals surface area contributed by atoms with Gasteiger partial charge in [0.1, 0.15) is 11.9 Å². The third kappa shape index (κ3) is 4.53. The fourth-order valence-corrected chi connectivity index (χ4v) is 2.38. The maximum absolute atomic E-state index is 13.5. The number of halogens is 2. The molecule has 1 rings (SSSR count). The average molecular weight is 278 g/mol. The summed E-state index contributed by atoms with van der Waals surface area (Å²) >= 11 is 7.07. The van der Waals surface area contributed by atoms with Crippen LogP contribution < -0.4 is 5.73 Å². The summed E-state index contributed by atoms with van der Waals surface area (Å²) in [5.41, 5.74) is 5.86. The molecule has 0 spiro atoms. The van der Waals surface area contributed by atoms with Crippen molar-refractivity contribution in [2.45, 2.75) is 18.2 Å². The zero-order valence-corrected chi connectivity index (χ0v) is 10.6. The van der Waals surface area contributed by atoms with E-state index < -0.39 is 17.8 Å². The van der Waals surface area contributed by atoms with Gasteiger partial charge in [0, 0.05) is 5.75 Å². The molecule has 0 aromatic heterocycles. The monoisotopic (exact) mass is 277 g/mol. The van der Waals surface area contributed by atoms with Gasteiger partial charge in [0.15, 0.2) is 0 Å². The van der Waals surface area contributed by atoms with E-state index in [0.717, 1.165) is 0 Å². The average Bonchev–Trinajstić information content (AvgIpc) is 2.29. The molecule has 0 amide bonds. The molecule has 0 saturated carbocycles. The van der Waals surface area contributed by atoms with Gasteiger partial charge in [0.05, 0.1) is 5.02 Å². The molecule has 0 aliphatic carbocycles. The van der Waals surface area contributed by atoms with Crippen LogP contribution in [0.15, 0.2) is 18.2 Å². The lowest BCUT2D eigenvalue weighted by Gasteiger charge is -2.07. The van der Waals surface area contributed by atoms with Crippen LogP contribution in [0.1, 0.15) is 12.0 Å². The van der Waals surface area contributed by atoms with Gasteiger partial charge in [0.25, 0.3) is 0 Å². The van der Waals surface area contributed by atoms with Crippen LogP contribution in [-0.2, 0) is 10.5 Å². The van der Waals surface area contributed by atoms with E-state index in [-0.39, 0.29) is 5.02 Å². The Hall–Kier alpha value is -0.780. The number of benzene rings is 1. The summed E-state index contributed by atoms with van der Waals surface area (Å²) in [4.78, 5) is 10.5. The lowest BCUT2D eigenvalue weighted by Crippen LogP contribution is -2.30. The fourth-order valence-electron chi connectivity index (χ4n) is 1.18. The van der Waals surface area contributed by atoms with Crippen LogP contribution in [0.5, 0.6) is 0 Å². The molecular weight excluding hydrogens is 265 g/mol. The van der Waals surface area contributed by atoms with Crippen molar-refractivity contribution in [3.63, 3.8) is 0 Å². The Bertz CT molecular complexity index is 403. The molecule has 94 valence electrons. The van der Waals surface area contributed by atoms with Gasteiger partial charge in [-0.25, -0.2) is 4.39 Å². The first-order chi connectivity index (χ1) is 8.02. The number of carboxylic acids is 1. The van der Waals surface area contributed by atoms with Gasteiger partial charge in [0.2, 0.25) is 0 Å². The van der Waals surface area contributed by atoms with Crippen LogP contribution in [0.25, 0.3) is 0 Å². The lowest BCUT2D eigenvalue weighted by atomic mass is 10.2. The van der Waals surface area contributed by atoms with Gasteiger partial charge in [-0.3, -0.25) is 4.79 Å². The van der Waals surface area contributed by atoms with Crippen molar-refractivity contribution in [2.24, 2.45) is 5.73 Å². The third-order valence-electron chi connectivity index (χ3n) is 2.18. The van der Waals surface area contributed by atoms with E-state index >= 15 is 0 Å². The van der Waals surface area contributed by atoms with E-state index in [1.807, 2.05) is 0 Å². The molecular formula is C11H13ClFNO2S. The minimum atomic E-state index is -1.01. The minimum Gasteiger partial charge on any atom is -0.480 e. The van der Waals surface area contributed by atoms with Gasteiger partial charge in [-0.2, -0.15) is 11.8 Å². The first-order valence-corrected chi connectivity index (χ1v) is 6.54. The third-order valence-corrected chi connectivity index (χ3v) is 3.51. The first kappa shape index (κ1) is 14.3. The van der Waals surface area contributed by atoms with Crippen molar-refractivity contribution < 1.29 is 14.3 Å². The summed E-state index contributed by atoms with van der Waals surface area (Å²) < 4.78 is 13.5. The molecule has 0 saturated heterocycles. The van der Waals surface area contributed by atoms with Crippen molar-refractivity contribution in [3.05, 3.63) is 34.6 Å². The number of carboxylic acid groups (broad SMARTS) is 1. The molecule has 1 atom stereocenters. The van der Waals surface area contributed by atoms with Gasteiger partial charge in [-0.1, -0.05) is 23.7 Å². The molecule has 1 unspecified atom stereocenters. The lowest BCUT2D eigenvalue weighted by molar-refractivity contribution is -0.138.